The Morgan fingerprint density at radius 1 is 0.806 bits per heavy atom. The van der Waals surface area contributed by atoms with Gasteiger partial charge in [-0.1, -0.05) is 30.3 Å². The smallest absolute Gasteiger partial charge is 0.282 e. The summed E-state index contributed by atoms with van der Waals surface area (Å²) in [6, 6.07) is 23.2. The van der Waals surface area contributed by atoms with Crippen molar-refractivity contribution in [2.24, 2.45) is 0 Å². The van der Waals surface area contributed by atoms with E-state index in [1.54, 1.807) is 55.6 Å². The van der Waals surface area contributed by atoms with Crippen LogP contribution in [-0.2, 0) is 9.59 Å². The summed E-state index contributed by atoms with van der Waals surface area (Å²) < 4.78 is 10.7. The number of carbonyl (C=O) groups is 2. The average Bonchev–Trinajstić information content (AvgIpc) is 3.05. The molecule has 31 heavy (non-hydrogen) atoms. The number of anilines is 2. The van der Waals surface area contributed by atoms with Crippen LogP contribution in [-0.4, -0.2) is 25.5 Å². The molecule has 0 saturated carbocycles. The molecule has 6 nitrogen and oxygen atoms in total. The van der Waals surface area contributed by atoms with E-state index in [2.05, 4.69) is 5.32 Å². The van der Waals surface area contributed by atoms with Crippen LogP contribution >= 0.6 is 0 Å². The highest BCUT2D eigenvalue weighted by Crippen LogP contribution is 2.34. The normalized spacial score (nSPS) is 13.5. The lowest BCUT2D eigenvalue weighted by atomic mass is 10.0. The molecule has 6 heteroatoms. The summed E-state index contributed by atoms with van der Waals surface area (Å²) in [6.07, 6.45) is 0. The van der Waals surface area contributed by atoms with E-state index in [-0.39, 0.29) is 11.6 Å². The molecule has 1 aliphatic heterocycles. The molecule has 156 valence electrons. The van der Waals surface area contributed by atoms with Gasteiger partial charge in [-0.15, -0.1) is 0 Å². The monoisotopic (exact) mass is 414 g/mol. The second kappa shape index (κ2) is 8.75. The van der Waals surface area contributed by atoms with E-state index in [1.807, 2.05) is 37.3 Å². The molecule has 0 atom stereocenters. The maximum atomic E-state index is 13.4. The fourth-order valence-corrected chi connectivity index (χ4v) is 3.43. The second-order valence-electron chi connectivity index (χ2n) is 6.84. The number of amides is 2. The van der Waals surface area contributed by atoms with Crippen molar-refractivity contribution >= 4 is 28.8 Å². The molecule has 2 amide bonds. The highest BCUT2D eigenvalue weighted by Gasteiger charge is 2.40. The number of benzene rings is 3. The van der Waals surface area contributed by atoms with Crippen LogP contribution in [0, 0.1) is 0 Å². The summed E-state index contributed by atoms with van der Waals surface area (Å²) in [5.74, 6) is 0.616. The van der Waals surface area contributed by atoms with Crippen molar-refractivity contribution in [3.05, 3.63) is 90.1 Å². The first-order valence-corrected chi connectivity index (χ1v) is 9.94. The van der Waals surface area contributed by atoms with Gasteiger partial charge in [-0.05, 0) is 61.0 Å². The zero-order valence-corrected chi connectivity index (χ0v) is 17.3. The summed E-state index contributed by atoms with van der Waals surface area (Å²) in [5, 5.41) is 3.15. The van der Waals surface area contributed by atoms with Gasteiger partial charge in [0.2, 0.25) is 0 Å². The van der Waals surface area contributed by atoms with Gasteiger partial charge in [0.15, 0.2) is 0 Å². The van der Waals surface area contributed by atoms with Crippen molar-refractivity contribution in [3.63, 3.8) is 0 Å². The third-order valence-electron chi connectivity index (χ3n) is 4.91. The number of methoxy groups -OCH3 is 1. The van der Waals surface area contributed by atoms with Gasteiger partial charge in [0.1, 0.15) is 17.2 Å². The molecule has 1 N–H and O–H groups in total. The number of nitrogens with one attached hydrogen (secondary N) is 1. The summed E-state index contributed by atoms with van der Waals surface area (Å²) in [7, 11) is 1.58. The summed E-state index contributed by atoms with van der Waals surface area (Å²) in [6.45, 7) is 2.48. The maximum Gasteiger partial charge on any atom is 0.282 e. The zero-order valence-electron chi connectivity index (χ0n) is 17.3. The van der Waals surface area contributed by atoms with Crippen molar-refractivity contribution in [1.82, 2.24) is 0 Å². The lowest BCUT2D eigenvalue weighted by Gasteiger charge is -2.15. The zero-order chi connectivity index (χ0) is 21.8. The van der Waals surface area contributed by atoms with Gasteiger partial charge in [0.25, 0.3) is 11.8 Å². The van der Waals surface area contributed by atoms with E-state index in [9.17, 15) is 9.59 Å². The van der Waals surface area contributed by atoms with Crippen molar-refractivity contribution in [2.45, 2.75) is 6.92 Å². The largest absolute Gasteiger partial charge is 0.497 e. The molecule has 0 aliphatic carbocycles. The molecular formula is C25H22N2O4. The number of para-hydroxylation sites is 1. The average molecular weight is 414 g/mol. The minimum atomic E-state index is -0.407. The molecule has 0 fully saturated rings. The molecule has 3 aromatic carbocycles. The number of rotatable bonds is 7. The van der Waals surface area contributed by atoms with Crippen LogP contribution in [0.2, 0.25) is 0 Å². The van der Waals surface area contributed by atoms with Crippen LogP contribution < -0.4 is 19.7 Å². The van der Waals surface area contributed by atoms with Crippen molar-refractivity contribution < 1.29 is 19.1 Å². The Morgan fingerprint density at radius 2 is 1.45 bits per heavy atom. The second-order valence-corrected chi connectivity index (χ2v) is 6.84. The topological polar surface area (TPSA) is 67.9 Å². The number of carbonyl (C=O) groups excluding carboxylic acids is 2. The standard InChI is InChI=1S/C25H22N2O4/c1-3-31-21-15-11-18(12-16-21)26-23-22(17-9-13-20(30-2)14-10-17)24(28)27(25(23)29)19-7-5-4-6-8-19/h4-16,26H,3H2,1-2H3. The molecule has 3 aromatic rings. The Balaban J connectivity index is 1.75. The quantitative estimate of drug-likeness (QED) is 0.577. The minimum Gasteiger partial charge on any atom is -0.497 e. The van der Waals surface area contributed by atoms with Crippen molar-refractivity contribution in [3.8, 4) is 11.5 Å². The van der Waals surface area contributed by atoms with Crippen LogP contribution in [0.25, 0.3) is 5.57 Å². The number of ether oxygens (including phenoxy) is 2. The SMILES string of the molecule is CCOc1ccc(NC2=C(c3ccc(OC)cc3)C(=O)N(c3ccccc3)C2=O)cc1. The number of hydrogen-bond acceptors (Lipinski definition) is 5. The van der Waals surface area contributed by atoms with Gasteiger partial charge >= 0.3 is 0 Å². The molecule has 0 aromatic heterocycles. The number of hydrogen-bond donors (Lipinski definition) is 1. The fourth-order valence-electron chi connectivity index (χ4n) is 3.43. The van der Waals surface area contributed by atoms with Crippen molar-refractivity contribution in [2.75, 3.05) is 23.9 Å². The van der Waals surface area contributed by atoms with Gasteiger partial charge in [0, 0.05) is 5.69 Å². The van der Waals surface area contributed by atoms with E-state index >= 15 is 0 Å². The maximum absolute atomic E-state index is 13.4. The van der Waals surface area contributed by atoms with Crippen LogP contribution in [0.4, 0.5) is 11.4 Å². The lowest BCUT2D eigenvalue weighted by Crippen LogP contribution is -2.32. The summed E-state index contributed by atoms with van der Waals surface area (Å²) >= 11 is 0. The highest BCUT2D eigenvalue weighted by molar-refractivity contribution is 6.46. The van der Waals surface area contributed by atoms with Crippen molar-refractivity contribution in [1.29, 1.82) is 0 Å². The molecule has 4 rings (SSSR count). The number of nitrogens with zero attached hydrogens (tertiary/aromatic N) is 1. The van der Waals surface area contributed by atoms with Gasteiger partial charge in [0.05, 0.1) is 25.0 Å². The van der Waals surface area contributed by atoms with E-state index < -0.39 is 5.91 Å². The molecular weight excluding hydrogens is 392 g/mol. The van der Waals surface area contributed by atoms with Crippen LogP contribution in [0.15, 0.2) is 84.6 Å². The first kappa shape index (κ1) is 20.2. The molecule has 0 bridgehead atoms. The molecule has 1 aliphatic rings. The first-order valence-electron chi connectivity index (χ1n) is 9.94. The Morgan fingerprint density at radius 3 is 2.06 bits per heavy atom. The van der Waals surface area contributed by atoms with Gasteiger partial charge in [-0.2, -0.15) is 0 Å². The Labute approximate surface area is 180 Å². The summed E-state index contributed by atoms with van der Waals surface area (Å²) in [5.41, 5.74) is 2.37. The Kier molecular flexibility index (Phi) is 5.71. The molecule has 1 heterocycles. The van der Waals surface area contributed by atoms with Gasteiger partial charge < -0.3 is 14.8 Å². The van der Waals surface area contributed by atoms with Crippen LogP contribution in [0.3, 0.4) is 0 Å². The lowest BCUT2D eigenvalue weighted by molar-refractivity contribution is -0.120. The minimum absolute atomic E-state index is 0.225. The third kappa shape index (κ3) is 4.00. The Bertz CT molecular complexity index is 1120. The Hall–Kier alpha value is -4.06. The molecule has 0 radical (unpaired) electrons. The van der Waals surface area contributed by atoms with E-state index in [0.29, 0.717) is 34.9 Å². The first-order chi connectivity index (χ1) is 15.1. The fraction of sp³-hybridized carbons (Fsp3) is 0.120. The summed E-state index contributed by atoms with van der Waals surface area (Å²) in [4.78, 5) is 27.9. The predicted octanol–water partition coefficient (Wildman–Crippen LogP) is 4.49. The molecule has 0 unspecified atom stereocenters. The third-order valence-corrected chi connectivity index (χ3v) is 4.91. The van der Waals surface area contributed by atoms with Gasteiger partial charge in [-0.25, -0.2) is 4.90 Å². The highest BCUT2D eigenvalue weighted by atomic mass is 16.5. The van der Waals surface area contributed by atoms with Crippen LogP contribution in [0.1, 0.15) is 12.5 Å². The van der Waals surface area contributed by atoms with Gasteiger partial charge in [-0.3, -0.25) is 9.59 Å². The predicted molar refractivity (Wildman–Crippen MR) is 120 cm³/mol. The van der Waals surface area contributed by atoms with E-state index in [4.69, 9.17) is 9.47 Å². The molecule has 0 spiro atoms. The number of imide groups is 1. The van der Waals surface area contributed by atoms with E-state index in [1.165, 1.54) is 4.90 Å². The van der Waals surface area contributed by atoms with Crippen LogP contribution in [0.5, 0.6) is 11.5 Å². The van der Waals surface area contributed by atoms with E-state index in [0.717, 1.165) is 5.75 Å². The molecule has 0 saturated heterocycles.